The molecule has 1 N–H and O–H groups in total. The molecule has 4 nitrogen and oxygen atoms in total. The first-order chi connectivity index (χ1) is 14.1. The number of furan rings is 1. The van der Waals surface area contributed by atoms with Crippen molar-refractivity contribution in [2.75, 3.05) is 19.6 Å². The molecule has 0 atom stereocenters. The number of likely N-dealkylation sites (N-methyl/N-ethyl adjacent to an activating group) is 1. The number of carbonyl (C=O) groups is 1. The third kappa shape index (κ3) is 5.71. The summed E-state index contributed by atoms with van der Waals surface area (Å²) in [7, 11) is 0. The van der Waals surface area contributed by atoms with Crippen LogP contribution in [0.2, 0.25) is 0 Å². The standard InChI is InChI=1S/C24H29BrN2O2/c1-3-5-12-22-23(20-11-6-7-13-21(20)29-22)24(28)26-14-15-27(4-2)17-18-9-8-10-19(25)16-18/h6-11,13,16H,3-5,12,14-15,17H2,1-2H3,(H,26,28). The van der Waals surface area contributed by atoms with Crippen LogP contribution in [-0.4, -0.2) is 30.4 Å². The fraction of sp³-hybridized carbons (Fsp3) is 0.375. The fourth-order valence-corrected chi connectivity index (χ4v) is 3.96. The monoisotopic (exact) mass is 456 g/mol. The lowest BCUT2D eigenvalue weighted by Crippen LogP contribution is -2.34. The molecule has 3 rings (SSSR count). The second-order valence-corrected chi connectivity index (χ2v) is 8.17. The predicted octanol–water partition coefficient (Wildman–Crippen LogP) is 5.79. The van der Waals surface area contributed by atoms with E-state index in [9.17, 15) is 4.79 Å². The van der Waals surface area contributed by atoms with E-state index in [1.807, 2.05) is 30.3 Å². The Morgan fingerprint density at radius 3 is 2.72 bits per heavy atom. The highest BCUT2D eigenvalue weighted by molar-refractivity contribution is 9.10. The van der Waals surface area contributed by atoms with Crippen LogP contribution in [-0.2, 0) is 13.0 Å². The molecule has 0 saturated heterocycles. The molecule has 0 aliphatic rings. The van der Waals surface area contributed by atoms with Crippen LogP contribution in [0.25, 0.3) is 11.0 Å². The smallest absolute Gasteiger partial charge is 0.255 e. The minimum atomic E-state index is -0.0421. The molecule has 2 aromatic carbocycles. The summed E-state index contributed by atoms with van der Waals surface area (Å²) in [5.41, 5.74) is 2.74. The summed E-state index contributed by atoms with van der Waals surface area (Å²) in [6.07, 6.45) is 2.87. The van der Waals surface area contributed by atoms with E-state index in [1.54, 1.807) is 0 Å². The van der Waals surface area contributed by atoms with Gasteiger partial charge in [-0.05, 0) is 36.7 Å². The number of hydrogen-bond acceptors (Lipinski definition) is 3. The van der Waals surface area contributed by atoms with Gasteiger partial charge in [0, 0.05) is 35.9 Å². The molecule has 3 aromatic rings. The number of para-hydroxylation sites is 1. The first kappa shape index (κ1) is 21.6. The van der Waals surface area contributed by atoms with Crippen molar-refractivity contribution in [3.63, 3.8) is 0 Å². The van der Waals surface area contributed by atoms with Crippen molar-refractivity contribution in [1.29, 1.82) is 0 Å². The van der Waals surface area contributed by atoms with Crippen molar-refractivity contribution in [1.82, 2.24) is 10.2 Å². The van der Waals surface area contributed by atoms with Crippen molar-refractivity contribution >= 4 is 32.8 Å². The number of unbranched alkanes of at least 4 members (excludes halogenated alkanes) is 1. The summed E-state index contributed by atoms with van der Waals surface area (Å²) < 4.78 is 7.07. The van der Waals surface area contributed by atoms with Gasteiger partial charge in [-0.25, -0.2) is 0 Å². The number of fused-ring (bicyclic) bond motifs is 1. The number of halogens is 1. The van der Waals surface area contributed by atoms with Crippen LogP contribution in [0.1, 0.15) is 48.4 Å². The second-order valence-electron chi connectivity index (χ2n) is 7.25. The van der Waals surface area contributed by atoms with Crippen LogP contribution in [0.4, 0.5) is 0 Å². The van der Waals surface area contributed by atoms with Gasteiger partial charge in [0.05, 0.1) is 5.56 Å². The van der Waals surface area contributed by atoms with Gasteiger partial charge in [-0.3, -0.25) is 9.69 Å². The highest BCUT2D eigenvalue weighted by atomic mass is 79.9. The number of carbonyl (C=O) groups excluding carboxylic acids is 1. The largest absolute Gasteiger partial charge is 0.460 e. The molecular formula is C24H29BrN2O2. The average molecular weight is 457 g/mol. The number of amides is 1. The third-order valence-corrected chi connectivity index (χ3v) is 5.60. The van der Waals surface area contributed by atoms with Crippen molar-refractivity contribution < 1.29 is 9.21 Å². The maximum atomic E-state index is 13.0. The van der Waals surface area contributed by atoms with Gasteiger partial charge < -0.3 is 9.73 Å². The van der Waals surface area contributed by atoms with E-state index in [-0.39, 0.29) is 5.91 Å². The summed E-state index contributed by atoms with van der Waals surface area (Å²) in [6.45, 7) is 7.49. The lowest BCUT2D eigenvalue weighted by molar-refractivity contribution is 0.0947. The van der Waals surface area contributed by atoms with Crippen LogP contribution < -0.4 is 5.32 Å². The summed E-state index contributed by atoms with van der Waals surface area (Å²) in [5, 5.41) is 4.01. The van der Waals surface area contributed by atoms with Crippen LogP contribution in [0.5, 0.6) is 0 Å². The fourth-order valence-electron chi connectivity index (χ4n) is 3.52. The van der Waals surface area contributed by atoms with Crippen LogP contribution in [0.15, 0.2) is 57.4 Å². The molecule has 0 spiro atoms. The number of rotatable bonds is 10. The molecule has 29 heavy (non-hydrogen) atoms. The lowest BCUT2D eigenvalue weighted by Gasteiger charge is -2.20. The Kier molecular flexibility index (Phi) is 7.90. The van der Waals surface area contributed by atoms with E-state index in [0.717, 1.165) is 60.1 Å². The first-order valence-corrected chi connectivity index (χ1v) is 11.2. The minimum absolute atomic E-state index is 0.0421. The summed E-state index contributed by atoms with van der Waals surface area (Å²) >= 11 is 3.53. The van der Waals surface area contributed by atoms with E-state index in [2.05, 4.69) is 58.2 Å². The van der Waals surface area contributed by atoms with Gasteiger partial charge in [-0.15, -0.1) is 0 Å². The Hall–Kier alpha value is -2.11. The van der Waals surface area contributed by atoms with Gasteiger partial charge in [0.1, 0.15) is 11.3 Å². The van der Waals surface area contributed by atoms with Gasteiger partial charge >= 0.3 is 0 Å². The number of nitrogens with zero attached hydrogens (tertiary/aromatic N) is 1. The molecule has 1 aromatic heterocycles. The van der Waals surface area contributed by atoms with Gasteiger partial charge in [0.2, 0.25) is 0 Å². The number of hydrogen-bond donors (Lipinski definition) is 1. The lowest BCUT2D eigenvalue weighted by atomic mass is 10.1. The van der Waals surface area contributed by atoms with Crippen LogP contribution >= 0.6 is 15.9 Å². The summed E-state index contributed by atoms with van der Waals surface area (Å²) in [6, 6.07) is 16.1. The van der Waals surface area contributed by atoms with Crippen LogP contribution in [0.3, 0.4) is 0 Å². The predicted molar refractivity (Wildman–Crippen MR) is 122 cm³/mol. The van der Waals surface area contributed by atoms with Gasteiger partial charge in [-0.2, -0.15) is 0 Å². The summed E-state index contributed by atoms with van der Waals surface area (Å²) in [4.78, 5) is 15.3. The zero-order chi connectivity index (χ0) is 20.6. The van der Waals surface area contributed by atoms with Crippen molar-refractivity contribution in [2.24, 2.45) is 0 Å². The molecule has 0 aliphatic carbocycles. The normalized spacial score (nSPS) is 11.3. The second kappa shape index (κ2) is 10.6. The van der Waals surface area contributed by atoms with Gasteiger partial charge in [0.25, 0.3) is 5.91 Å². The highest BCUT2D eigenvalue weighted by Gasteiger charge is 2.20. The quantitative estimate of drug-likeness (QED) is 0.419. The molecule has 0 radical (unpaired) electrons. The van der Waals surface area contributed by atoms with E-state index in [4.69, 9.17) is 4.42 Å². The zero-order valence-corrected chi connectivity index (χ0v) is 18.8. The summed E-state index contributed by atoms with van der Waals surface area (Å²) in [5.74, 6) is 0.756. The van der Waals surface area contributed by atoms with E-state index >= 15 is 0 Å². The molecule has 0 saturated carbocycles. The molecule has 0 unspecified atom stereocenters. The molecule has 5 heteroatoms. The molecule has 0 bridgehead atoms. The third-order valence-electron chi connectivity index (χ3n) is 5.11. The van der Waals surface area contributed by atoms with E-state index in [1.165, 1.54) is 5.56 Å². The molecule has 1 heterocycles. The Balaban J connectivity index is 1.64. The van der Waals surface area contributed by atoms with Crippen molar-refractivity contribution in [3.05, 3.63) is 69.9 Å². The van der Waals surface area contributed by atoms with E-state index in [0.29, 0.717) is 12.1 Å². The van der Waals surface area contributed by atoms with Crippen molar-refractivity contribution in [2.45, 2.75) is 39.7 Å². The highest BCUT2D eigenvalue weighted by Crippen LogP contribution is 2.27. The number of aryl methyl sites for hydroxylation is 1. The molecule has 0 fully saturated rings. The van der Waals surface area contributed by atoms with Gasteiger partial charge in [-0.1, -0.05) is 66.5 Å². The minimum Gasteiger partial charge on any atom is -0.460 e. The first-order valence-electron chi connectivity index (χ1n) is 10.4. The Morgan fingerprint density at radius 2 is 1.97 bits per heavy atom. The molecule has 154 valence electrons. The number of benzene rings is 2. The molecule has 0 aliphatic heterocycles. The Morgan fingerprint density at radius 1 is 1.14 bits per heavy atom. The average Bonchev–Trinajstić information content (AvgIpc) is 3.09. The molecule has 1 amide bonds. The Bertz CT molecular complexity index is 951. The Labute approximate surface area is 181 Å². The van der Waals surface area contributed by atoms with Gasteiger partial charge in [0.15, 0.2) is 0 Å². The van der Waals surface area contributed by atoms with Crippen molar-refractivity contribution in [3.8, 4) is 0 Å². The topological polar surface area (TPSA) is 45.5 Å². The maximum Gasteiger partial charge on any atom is 0.255 e. The SMILES string of the molecule is CCCCc1oc2ccccc2c1C(=O)NCCN(CC)Cc1cccc(Br)c1. The maximum absolute atomic E-state index is 13.0. The molecular weight excluding hydrogens is 428 g/mol. The van der Waals surface area contributed by atoms with Crippen LogP contribution in [0, 0.1) is 0 Å². The van der Waals surface area contributed by atoms with E-state index < -0.39 is 0 Å². The number of nitrogens with one attached hydrogen (secondary N) is 1. The zero-order valence-electron chi connectivity index (χ0n) is 17.2.